The molecule has 1 aliphatic rings. The Bertz CT molecular complexity index is 1250. The van der Waals surface area contributed by atoms with Crippen LogP contribution in [0.25, 0.3) is 22.8 Å². The van der Waals surface area contributed by atoms with Crippen molar-refractivity contribution in [2.45, 2.75) is 50.9 Å². The first-order chi connectivity index (χ1) is 16.9. The molecule has 1 saturated carbocycles. The van der Waals surface area contributed by atoms with Crippen LogP contribution in [0.3, 0.4) is 0 Å². The third kappa shape index (κ3) is 6.59. The van der Waals surface area contributed by atoms with E-state index in [0.29, 0.717) is 33.8 Å². The predicted octanol–water partition coefficient (Wildman–Crippen LogP) is 3.86. The molecule has 1 unspecified atom stereocenters. The molecule has 3 aromatic rings. The minimum absolute atomic E-state index is 0. The summed E-state index contributed by atoms with van der Waals surface area (Å²) in [5, 5.41) is 22.3. The van der Waals surface area contributed by atoms with Crippen molar-refractivity contribution in [3.05, 3.63) is 53.6 Å². The average molecular weight is 513 g/mol. The molecule has 0 aliphatic heterocycles. The van der Waals surface area contributed by atoms with E-state index in [1.807, 2.05) is 0 Å². The molecule has 0 amide bonds. The molecular formula is C25H25ClN4O6. The van der Waals surface area contributed by atoms with E-state index < -0.39 is 24.4 Å². The molecule has 3 N–H and O–H groups in total. The number of aromatic nitrogens is 2. The first-order valence-corrected chi connectivity index (χ1v) is 11.2. The largest absolute Gasteiger partial charge is 0.489 e. The van der Waals surface area contributed by atoms with Crippen molar-refractivity contribution in [3.63, 3.8) is 0 Å². The zero-order chi connectivity index (χ0) is 24.8. The topological polar surface area (TPSA) is 162 Å². The van der Waals surface area contributed by atoms with Gasteiger partial charge in [-0.2, -0.15) is 10.2 Å². The maximum absolute atomic E-state index is 11.8. The lowest BCUT2D eigenvalue weighted by Crippen LogP contribution is -2.34. The summed E-state index contributed by atoms with van der Waals surface area (Å²) in [6, 6.07) is 13.1. The summed E-state index contributed by atoms with van der Waals surface area (Å²) in [5.41, 5.74) is 7.88. The second-order valence-electron chi connectivity index (χ2n) is 8.28. The number of carboxylic acid groups (broad SMARTS) is 1. The first-order valence-electron chi connectivity index (χ1n) is 11.2. The van der Waals surface area contributed by atoms with Crippen LogP contribution in [0.1, 0.15) is 43.2 Å². The molecule has 10 nitrogen and oxygen atoms in total. The Morgan fingerprint density at radius 3 is 2.53 bits per heavy atom. The van der Waals surface area contributed by atoms with Crippen LogP contribution in [0.2, 0.25) is 0 Å². The standard InChI is InChI=1S/C25H24N4O6.ClH/c26-13-18-11-17(9-10-21(18)34-19-3-1-2-4-19)24-28-23(29-35-24)16-7-5-15(6-8-16)14-33-25(32)20(27)12-22(30)31;/h5-11,19-20H,1-4,12,14,27H2,(H,30,31);1H. The summed E-state index contributed by atoms with van der Waals surface area (Å²) < 4.78 is 16.4. The molecular weight excluding hydrogens is 488 g/mol. The lowest BCUT2D eigenvalue weighted by molar-refractivity contribution is -0.150. The Balaban J connectivity index is 0.00000361. The fourth-order valence-electron chi connectivity index (χ4n) is 3.78. The molecule has 0 bridgehead atoms. The number of aliphatic carboxylic acids is 1. The highest BCUT2D eigenvalue weighted by molar-refractivity contribution is 5.85. The second kappa shape index (κ2) is 12.2. The second-order valence-corrected chi connectivity index (χ2v) is 8.28. The lowest BCUT2D eigenvalue weighted by atomic mass is 10.1. The monoisotopic (exact) mass is 512 g/mol. The third-order valence-corrected chi connectivity index (χ3v) is 5.66. The normalized spacial score (nSPS) is 13.9. The number of halogens is 1. The van der Waals surface area contributed by atoms with Gasteiger partial charge in [-0.3, -0.25) is 9.59 Å². The molecule has 11 heteroatoms. The molecule has 0 saturated heterocycles. The van der Waals surface area contributed by atoms with Crippen LogP contribution >= 0.6 is 12.4 Å². The Morgan fingerprint density at radius 1 is 1.17 bits per heavy atom. The summed E-state index contributed by atoms with van der Waals surface area (Å²) in [6.45, 7) is -0.0455. The third-order valence-electron chi connectivity index (χ3n) is 5.66. The van der Waals surface area contributed by atoms with Crippen molar-refractivity contribution in [2.75, 3.05) is 0 Å². The van der Waals surface area contributed by atoms with Gasteiger partial charge in [-0.15, -0.1) is 12.4 Å². The maximum Gasteiger partial charge on any atom is 0.323 e. The maximum atomic E-state index is 11.8. The number of ether oxygens (including phenoxy) is 2. The van der Waals surface area contributed by atoms with E-state index in [0.717, 1.165) is 25.7 Å². The summed E-state index contributed by atoms with van der Waals surface area (Å²) in [7, 11) is 0. The van der Waals surface area contributed by atoms with Gasteiger partial charge in [0.2, 0.25) is 5.82 Å². The zero-order valence-electron chi connectivity index (χ0n) is 19.3. The van der Waals surface area contributed by atoms with Gasteiger partial charge in [0.25, 0.3) is 5.89 Å². The van der Waals surface area contributed by atoms with Gasteiger partial charge >= 0.3 is 11.9 Å². The van der Waals surface area contributed by atoms with E-state index in [2.05, 4.69) is 16.2 Å². The number of hydrogen-bond acceptors (Lipinski definition) is 9. The number of carbonyl (C=O) groups excluding carboxylic acids is 1. The molecule has 1 aromatic heterocycles. The number of nitrogens with zero attached hydrogens (tertiary/aromatic N) is 3. The van der Waals surface area contributed by atoms with Crippen LogP contribution in [0.5, 0.6) is 5.75 Å². The molecule has 0 radical (unpaired) electrons. The Labute approximate surface area is 213 Å². The minimum atomic E-state index is -1.21. The van der Waals surface area contributed by atoms with E-state index in [1.165, 1.54) is 0 Å². The van der Waals surface area contributed by atoms with Crippen LogP contribution in [0, 0.1) is 11.3 Å². The van der Waals surface area contributed by atoms with Gasteiger partial charge in [0.1, 0.15) is 24.5 Å². The number of carboxylic acids is 1. The number of nitrogens with two attached hydrogens (primary N) is 1. The summed E-state index contributed by atoms with van der Waals surface area (Å²) in [5.74, 6) is -0.764. The van der Waals surface area contributed by atoms with E-state index in [-0.39, 0.29) is 31.0 Å². The molecule has 4 rings (SSSR count). The van der Waals surface area contributed by atoms with Crippen LogP contribution in [-0.4, -0.2) is 39.3 Å². The fourth-order valence-corrected chi connectivity index (χ4v) is 3.78. The van der Waals surface area contributed by atoms with Crippen molar-refractivity contribution in [2.24, 2.45) is 5.73 Å². The van der Waals surface area contributed by atoms with Gasteiger partial charge < -0.3 is 24.8 Å². The molecule has 1 heterocycles. The van der Waals surface area contributed by atoms with Gasteiger partial charge in [0.15, 0.2) is 0 Å². The average Bonchev–Trinajstić information content (AvgIpc) is 3.55. The van der Waals surface area contributed by atoms with E-state index in [4.69, 9.17) is 24.8 Å². The summed E-state index contributed by atoms with van der Waals surface area (Å²) >= 11 is 0. The van der Waals surface area contributed by atoms with Gasteiger partial charge in [-0.05, 0) is 49.4 Å². The molecule has 36 heavy (non-hydrogen) atoms. The number of esters is 1. The predicted molar refractivity (Wildman–Crippen MR) is 130 cm³/mol. The molecule has 188 valence electrons. The van der Waals surface area contributed by atoms with E-state index >= 15 is 0 Å². The smallest absolute Gasteiger partial charge is 0.323 e. The van der Waals surface area contributed by atoms with Crippen molar-refractivity contribution >= 4 is 24.3 Å². The van der Waals surface area contributed by atoms with Gasteiger partial charge in [0, 0.05) is 11.1 Å². The number of rotatable bonds is 9. The van der Waals surface area contributed by atoms with Gasteiger partial charge in [-0.1, -0.05) is 29.4 Å². The number of carbonyl (C=O) groups is 2. The highest BCUT2D eigenvalue weighted by Gasteiger charge is 2.20. The van der Waals surface area contributed by atoms with Gasteiger partial charge in [-0.25, -0.2) is 0 Å². The number of hydrogen-bond donors (Lipinski definition) is 2. The van der Waals surface area contributed by atoms with Gasteiger partial charge in [0.05, 0.1) is 18.1 Å². The Kier molecular flexibility index (Phi) is 9.00. The zero-order valence-corrected chi connectivity index (χ0v) is 20.1. The molecule has 0 spiro atoms. The fraction of sp³-hybridized carbons (Fsp3) is 0.320. The van der Waals surface area contributed by atoms with Crippen molar-refractivity contribution in [3.8, 4) is 34.7 Å². The van der Waals surface area contributed by atoms with Crippen molar-refractivity contribution in [1.29, 1.82) is 5.26 Å². The number of benzene rings is 2. The SMILES string of the molecule is Cl.N#Cc1cc(-c2nc(-c3ccc(COC(=O)C(N)CC(=O)O)cc3)no2)ccc1OC1CCCC1. The highest BCUT2D eigenvalue weighted by Crippen LogP contribution is 2.30. The van der Waals surface area contributed by atoms with Crippen LogP contribution in [0.4, 0.5) is 0 Å². The van der Waals surface area contributed by atoms with E-state index in [1.54, 1.807) is 42.5 Å². The lowest BCUT2D eigenvalue weighted by Gasteiger charge is -2.14. The Morgan fingerprint density at radius 2 is 1.86 bits per heavy atom. The minimum Gasteiger partial charge on any atom is -0.489 e. The van der Waals surface area contributed by atoms with Crippen molar-refractivity contribution < 1.29 is 28.7 Å². The van der Waals surface area contributed by atoms with Crippen LogP contribution in [-0.2, 0) is 20.9 Å². The molecule has 1 atom stereocenters. The number of nitriles is 1. The molecule has 1 aliphatic carbocycles. The summed E-state index contributed by atoms with van der Waals surface area (Å²) in [6.07, 6.45) is 3.93. The molecule has 2 aromatic carbocycles. The Hall–Kier alpha value is -3.94. The highest BCUT2D eigenvalue weighted by atomic mass is 35.5. The van der Waals surface area contributed by atoms with E-state index in [9.17, 15) is 14.9 Å². The van der Waals surface area contributed by atoms with Crippen LogP contribution in [0.15, 0.2) is 47.0 Å². The molecule has 1 fully saturated rings. The first kappa shape index (κ1) is 26.7. The quantitative estimate of drug-likeness (QED) is 0.402. The van der Waals surface area contributed by atoms with Crippen LogP contribution < -0.4 is 10.5 Å². The van der Waals surface area contributed by atoms with Crippen molar-refractivity contribution in [1.82, 2.24) is 10.1 Å². The summed E-state index contributed by atoms with van der Waals surface area (Å²) in [4.78, 5) is 26.8.